The summed E-state index contributed by atoms with van der Waals surface area (Å²) in [5.74, 6) is 0.214. The summed E-state index contributed by atoms with van der Waals surface area (Å²) in [7, 11) is 1.33. The number of methoxy groups -OCH3 is 1. The first kappa shape index (κ1) is 11.3. The third kappa shape index (κ3) is 2.30. The molecule has 0 radical (unpaired) electrons. The monoisotopic (exact) mass is 231 g/mol. The standard InChI is InChI=1S/C13H13NO3/c1-16-13(15)8-17-12-7-3-4-9-10(12)5-2-6-11(9)14/h2-7H,8,14H2,1H3. The van der Waals surface area contributed by atoms with Crippen LogP contribution in [0.2, 0.25) is 0 Å². The Morgan fingerprint density at radius 1 is 1.18 bits per heavy atom. The predicted octanol–water partition coefficient (Wildman–Crippen LogP) is 1.97. The van der Waals surface area contributed by atoms with Gasteiger partial charge in [0.05, 0.1) is 7.11 Å². The molecule has 4 nitrogen and oxygen atoms in total. The highest BCUT2D eigenvalue weighted by atomic mass is 16.6. The third-order valence-corrected chi connectivity index (χ3v) is 2.49. The normalized spacial score (nSPS) is 10.2. The number of nitrogen functional groups attached to an aromatic ring is 1. The van der Waals surface area contributed by atoms with Crippen molar-refractivity contribution in [2.24, 2.45) is 0 Å². The molecule has 0 saturated carbocycles. The Balaban J connectivity index is 2.34. The molecule has 88 valence electrons. The van der Waals surface area contributed by atoms with E-state index >= 15 is 0 Å². The van der Waals surface area contributed by atoms with Crippen LogP contribution in [0, 0.1) is 0 Å². The van der Waals surface area contributed by atoms with Crippen molar-refractivity contribution in [3.05, 3.63) is 36.4 Å². The van der Waals surface area contributed by atoms with Crippen LogP contribution in [0.5, 0.6) is 5.75 Å². The van der Waals surface area contributed by atoms with E-state index < -0.39 is 5.97 Å². The highest BCUT2D eigenvalue weighted by Gasteiger charge is 2.06. The minimum atomic E-state index is -0.411. The van der Waals surface area contributed by atoms with Crippen LogP contribution in [0.4, 0.5) is 5.69 Å². The maximum atomic E-state index is 11.0. The molecular weight excluding hydrogens is 218 g/mol. The average Bonchev–Trinajstić information content (AvgIpc) is 2.36. The number of hydrogen-bond acceptors (Lipinski definition) is 4. The second kappa shape index (κ2) is 4.74. The molecule has 17 heavy (non-hydrogen) atoms. The first-order valence-corrected chi connectivity index (χ1v) is 5.19. The summed E-state index contributed by atoms with van der Waals surface area (Å²) in [5, 5.41) is 1.80. The number of ether oxygens (including phenoxy) is 2. The Bertz CT molecular complexity index is 551. The number of fused-ring (bicyclic) bond motifs is 1. The van der Waals surface area contributed by atoms with Gasteiger partial charge < -0.3 is 15.2 Å². The molecule has 4 heteroatoms. The minimum Gasteiger partial charge on any atom is -0.481 e. The second-order valence-electron chi connectivity index (χ2n) is 3.56. The van der Waals surface area contributed by atoms with Gasteiger partial charge in [0.25, 0.3) is 0 Å². The largest absolute Gasteiger partial charge is 0.481 e. The molecule has 0 aliphatic carbocycles. The maximum absolute atomic E-state index is 11.0. The summed E-state index contributed by atoms with van der Waals surface area (Å²) in [6.45, 7) is -0.107. The molecule has 2 N–H and O–H groups in total. The summed E-state index contributed by atoms with van der Waals surface area (Å²) in [5.41, 5.74) is 6.55. The number of hydrogen-bond donors (Lipinski definition) is 1. The Labute approximate surface area is 98.9 Å². The lowest BCUT2D eigenvalue weighted by Crippen LogP contribution is -2.12. The molecule has 0 unspecified atom stereocenters. The zero-order valence-corrected chi connectivity index (χ0v) is 9.47. The summed E-state index contributed by atoms with van der Waals surface area (Å²) in [6, 6.07) is 11.1. The van der Waals surface area contributed by atoms with E-state index in [1.165, 1.54) is 7.11 Å². The molecule has 2 aromatic rings. The van der Waals surface area contributed by atoms with Crippen molar-refractivity contribution in [3.8, 4) is 5.75 Å². The summed E-state index contributed by atoms with van der Waals surface area (Å²) >= 11 is 0. The number of esters is 1. The Kier molecular flexibility index (Phi) is 3.14. The highest BCUT2D eigenvalue weighted by Crippen LogP contribution is 2.29. The van der Waals surface area contributed by atoms with Gasteiger partial charge in [0, 0.05) is 16.5 Å². The van der Waals surface area contributed by atoms with Crippen LogP contribution in [0.3, 0.4) is 0 Å². The van der Waals surface area contributed by atoms with Gasteiger partial charge in [0.2, 0.25) is 0 Å². The number of carbonyl (C=O) groups is 1. The van der Waals surface area contributed by atoms with E-state index in [0.717, 1.165) is 10.8 Å². The fourth-order valence-corrected chi connectivity index (χ4v) is 1.63. The van der Waals surface area contributed by atoms with Crippen LogP contribution in [0.25, 0.3) is 10.8 Å². The van der Waals surface area contributed by atoms with Gasteiger partial charge in [0.1, 0.15) is 5.75 Å². The SMILES string of the molecule is COC(=O)COc1cccc2c(N)cccc12. The van der Waals surface area contributed by atoms with Crippen molar-refractivity contribution in [2.75, 3.05) is 19.5 Å². The number of carbonyl (C=O) groups excluding carboxylic acids is 1. The molecule has 0 aromatic heterocycles. The fourth-order valence-electron chi connectivity index (χ4n) is 1.63. The Morgan fingerprint density at radius 3 is 2.65 bits per heavy atom. The molecule has 0 heterocycles. The number of anilines is 1. The molecule has 2 rings (SSSR count). The van der Waals surface area contributed by atoms with Gasteiger partial charge in [-0.25, -0.2) is 4.79 Å². The van der Waals surface area contributed by atoms with Gasteiger partial charge in [-0.3, -0.25) is 0 Å². The van der Waals surface area contributed by atoms with Crippen molar-refractivity contribution in [1.82, 2.24) is 0 Å². The van der Waals surface area contributed by atoms with Crippen molar-refractivity contribution in [2.45, 2.75) is 0 Å². The molecule has 0 amide bonds. The van der Waals surface area contributed by atoms with Gasteiger partial charge >= 0.3 is 5.97 Å². The van der Waals surface area contributed by atoms with Crippen LogP contribution < -0.4 is 10.5 Å². The predicted molar refractivity (Wildman–Crippen MR) is 65.9 cm³/mol. The van der Waals surface area contributed by atoms with Crippen molar-refractivity contribution in [3.63, 3.8) is 0 Å². The number of benzene rings is 2. The van der Waals surface area contributed by atoms with Gasteiger partial charge in [-0.15, -0.1) is 0 Å². The minimum absolute atomic E-state index is 0.107. The van der Waals surface area contributed by atoms with Crippen LogP contribution in [-0.2, 0) is 9.53 Å². The van der Waals surface area contributed by atoms with Crippen molar-refractivity contribution < 1.29 is 14.3 Å². The van der Waals surface area contributed by atoms with Gasteiger partial charge in [-0.2, -0.15) is 0 Å². The van der Waals surface area contributed by atoms with Gasteiger partial charge in [-0.05, 0) is 12.1 Å². The second-order valence-corrected chi connectivity index (χ2v) is 3.56. The van der Waals surface area contributed by atoms with E-state index in [2.05, 4.69) is 4.74 Å². The van der Waals surface area contributed by atoms with E-state index in [1.54, 1.807) is 6.07 Å². The Hall–Kier alpha value is -2.23. The van der Waals surface area contributed by atoms with Gasteiger partial charge in [0.15, 0.2) is 6.61 Å². The topological polar surface area (TPSA) is 61.5 Å². The smallest absolute Gasteiger partial charge is 0.343 e. The molecule has 0 saturated heterocycles. The van der Waals surface area contributed by atoms with Crippen LogP contribution in [-0.4, -0.2) is 19.7 Å². The Morgan fingerprint density at radius 2 is 1.88 bits per heavy atom. The van der Waals surface area contributed by atoms with Crippen LogP contribution in [0.1, 0.15) is 0 Å². The molecule has 0 aliphatic heterocycles. The first-order valence-electron chi connectivity index (χ1n) is 5.19. The number of rotatable bonds is 3. The molecule has 0 fully saturated rings. The quantitative estimate of drug-likeness (QED) is 0.648. The third-order valence-electron chi connectivity index (χ3n) is 2.49. The molecule has 2 aromatic carbocycles. The zero-order chi connectivity index (χ0) is 12.3. The van der Waals surface area contributed by atoms with E-state index in [0.29, 0.717) is 11.4 Å². The van der Waals surface area contributed by atoms with Crippen LogP contribution in [0.15, 0.2) is 36.4 Å². The van der Waals surface area contributed by atoms with E-state index in [9.17, 15) is 4.79 Å². The lowest BCUT2D eigenvalue weighted by Gasteiger charge is -2.09. The molecular formula is C13H13NO3. The van der Waals surface area contributed by atoms with E-state index in [4.69, 9.17) is 10.5 Å². The first-order chi connectivity index (χ1) is 8.22. The lowest BCUT2D eigenvalue weighted by molar-refractivity contribution is -0.142. The zero-order valence-electron chi connectivity index (χ0n) is 9.47. The van der Waals surface area contributed by atoms with Crippen molar-refractivity contribution in [1.29, 1.82) is 0 Å². The molecule has 0 aliphatic rings. The molecule has 0 bridgehead atoms. The van der Waals surface area contributed by atoms with Crippen molar-refractivity contribution >= 4 is 22.4 Å². The number of nitrogens with two attached hydrogens (primary N) is 1. The van der Waals surface area contributed by atoms with Gasteiger partial charge in [-0.1, -0.05) is 24.3 Å². The summed E-state index contributed by atoms with van der Waals surface area (Å²) in [6.07, 6.45) is 0. The fraction of sp³-hybridized carbons (Fsp3) is 0.154. The molecule has 0 atom stereocenters. The van der Waals surface area contributed by atoms with E-state index in [1.807, 2.05) is 30.3 Å². The van der Waals surface area contributed by atoms with E-state index in [-0.39, 0.29) is 6.61 Å². The summed E-state index contributed by atoms with van der Waals surface area (Å²) in [4.78, 5) is 11.0. The summed E-state index contributed by atoms with van der Waals surface area (Å²) < 4.78 is 9.92. The maximum Gasteiger partial charge on any atom is 0.343 e. The highest BCUT2D eigenvalue weighted by molar-refractivity contribution is 5.96. The lowest BCUT2D eigenvalue weighted by atomic mass is 10.1. The molecule has 0 spiro atoms. The van der Waals surface area contributed by atoms with Crippen LogP contribution >= 0.6 is 0 Å². The average molecular weight is 231 g/mol.